The highest BCUT2D eigenvalue weighted by Gasteiger charge is 2.49. The van der Waals surface area contributed by atoms with Crippen LogP contribution in [0.3, 0.4) is 0 Å². The lowest BCUT2D eigenvalue weighted by molar-refractivity contribution is -0.122. The van der Waals surface area contributed by atoms with Crippen molar-refractivity contribution in [2.45, 2.75) is 104 Å². The molecule has 3 aliphatic rings. The van der Waals surface area contributed by atoms with Gasteiger partial charge in [0.05, 0.1) is 5.57 Å². The summed E-state index contributed by atoms with van der Waals surface area (Å²) in [6.07, 6.45) is 11.4. The van der Waals surface area contributed by atoms with Crippen LogP contribution in [0.2, 0.25) is 0 Å². The zero-order valence-electron chi connectivity index (χ0n) is 22.8. The van der Waals surface area contributed by atoms with Crippen molar-refractivity contribution in [3.63, 3.8) is 0 Å². The SMILES string of the molecule is CCCCCCCCCCCC1=C(O)C(=O)C2=C(OC3=C(C(=O)CC(C)(C)C3)C2c2ccc(Br)cc2)C1=O. The number of benzene rings is 1. The predicted molar refractivity (Wildman–Crippen MR) is 152 cm³/mol. The summed E-state index contributed by atoms with van der Waals surface area (Å²) in [5.74, 6) is -1.90. The van der Waals surface area contributed by atoms with Crippen molar-refractivity contribution < 1.29 is 24.2 Å². The topological polar surface area (TPSA) is 80.7 Å². The fourth-order valence-electron chi connectivity index (χ4n) is 5.89. The van der Waals surface area contributed by atoms with Gasteiger partial charge in [-0.25, -0.2) is 0 Å². The molecule has 0 saturated carbocycles. The number of allylic oxidation sites excluding steroid dienone is 4. The fraction of sp³-hybridized carbons (Fsp3) is 0.531. The number of aliphatic hydroxyl groups is 1. The third kappa shape index (κ3) is 6.06. The number of ether oxygens (including phenoxy) is 1. The minimum absolute atomic E-state index is 0.0177. The number of aliphatic hydroxyl groups excluding tert-OH is 1. The van der Waals surface area contributed by atoms with Crippen LogP contribution >= 0.6 is 15.9 Å². The second-order valence-electron chi connectivity index (χ2n) is 11.7. The van der Waals surface area contributed by atoms with Crippen molar-refractivity contribution in [2.24, 2.45) is 5.41 Å². The third-order valence-electron chi connectivity index (χ3n) is 7.89. The van der Waals surface area contributed by atoms with Crippen LogP contribution < -0.4 is 0 Å². The van der Waals surface area contributed by atoms with Gasteiger partial charge in [-0.15, -0.1) is 0 Å². The van der Waals surface area contributed by atoms with Crippen LogP contribution in [0.5, 0.6) is 0 Å². The minimum atomic E-state index is -0.738. The van der Waals surface area contributed by atoms with Crippen molar-refractivity contribution >= 4 is 33.3 Å². The van der Waals surface area contributed by atoms with Gasteiger partial charge in [-0.1, -0.05) is 100 Å². The van der Waals surface area contributed by atoms with Crippen LogP contribution in [0.15, 0.2) is 62.7 Å². The van der Waals surface area contributed by atoms with E-state index in [4.69, 9.17) is 4.74 Å². The second kappa shape index (κ2) is 12.1. The van der Waals surface area contributed by atoms with E-state index >= 15 is 0 Å². The summed E-state index contributed by atoms with van der Waals surface area (Å²) in [5.41, 5.74) is 1.06. The number of hydrogen-bond acceptors (Lipinski definition) is 5. The molecule has 204 valence electrons. The number of ketones is 3. The second-order valence-corrected chi connectivity index (χ2v) is 12.6. The number of hydrogen-bond donors (Lipinski definition) is 1. The van der Waals surface area contributed by atoms with Crippen molar-refractivity contribution in [3.05, 3.63) is 68.3 Å². The normalized spacial score (nSPS) is 21.1. The molecule has 1 unspecified atom stereocenters. The maximum atomic E-state index is 13.7. The largest absolute Gasteiger partial charge is 0.504 e. The van der Waals surface area contributed by atoms with Crippen LogP contribution in [0.25, 0.3) is 0 Å². The van der Waals surface area contributed by atoms with Crippen LogP contribution in [0.1, 0.15) is 109 Å². The third-order valence-corrected chi connectivity index (χ3v) is 8.41. The average molecular weight is 584 g/mol. The van der Waals surface area contributed by atoms with E-state index in [1.807, 2.05) is 38.1 Å². The number of carbonyl (C=O) groups excluding carboxylic acids is 3. The lowest BCUT2D eigenvalue weighted by Crippen LogP contribution is -2.37. The van der Waals surface area contributed by atoms with Crippen LogP contribution in [0.4, 0.5) is 0 Å². The summed E-state index contributed by atoms with van der Waals surface area (Å²) in [5, 5.41) is 10.9. The molecule has 0 bridgehead atoms. The Labute approximate surface area is 234 Å². The van der Waals surface area contributed by atoms with Crippen LogP contribution in [-0.2, 0) is 19.1 Å². The van der Waals surface area contributed by atoms with Gasteiger partial charge in [0, 0.05) is 34.4 Å². The van der Waals surface area contributed by atoms with E-state index in [1.165, 1.54) is 32.1 Å². The van der Waals surface area contributed by atoms with Gasteiger partial charge in [0.1, 0.15) is 5.76 Å². The maximum Gasteiger partial charge on any atom is 0.228 e. The molecule has 2 aliphatic carbocycles. The van der Waals surface area contributed by atoms with E-state index in [-0.39, 0.29) is 28.1 Å². The Morgan fingerprint density at radius 3 is 2.11 bits per heavy atom. The molecular formula is C32H39BrO5. The van der Waals surface area contributed by atoms with Gasteiger partial charge in [-0.2, -0.15) is 0 Å². The minimum Gasteiger partial charge on any atom is -0.504 e. The van der Waals surface area contributed by atoms with E-state index < -0.39 is 23.2 Å². The van der Waals surface area contributed by atoms with Gasteiger partial charge >= 0.3 is 0 Å². The van der Waals surface area contributed by atoms with E-state index in [9.17, 15) is 19.5 Å². The molecule has 0 saturated heterocycles. The van der Waals surface area contributed by atoms with E-state index in [0.717, 1.165) is 35.7 Å². The lowest BCUT2D eigenvalue weighted by Gasteiger charge is -2.39. The summed E-state index contributed by atoms with van der Waals surface area (Å²) in [7, 11) is 0. The predicted octanol–water partition coefficient (Wildman–Crippen LogP) is 8.35. The van der Waals surface area contributed by atoms with Crippen molar-refractivity contribution in [1.82, 2.24) is 0 Å². The molecule has 1 aromatic rings. The molecule has 6 heteroatoms. The number of unbranched alkanes of at least 4 members (excludes halogenated alkanes) is 8. The van der Waals surface area contributed by atoms with Gasteiger partial charge in [0.15, 0.2) is 17.3 Å². The number of halogens is 1. The first-order valence-corrected chi connectivity index (χ1v) is 14.9. The first-order valence-electron chi connectivity index (χ1n) is 14.1. The Hall–Kier alpha value is -2.47. The Morgan fingerprint density at radius 2 is 1.47 bits per heavy atom. The average Bonchev–Trinajstić information content (AvgIpc) is 2.87. The zero-order valence-corrected chi connectivity index (χ0v) is 24.4. The van der Waals surface area contributed by atoms with Crippen molar-refractivity contribution in [1.29, 1.82) is 0 Å². The summed E-state index contributed by atoms with van der Waals surface area (Å²) >= 11 is 3.44. The number of Topliss-reactive ketones (excluding diaryl/α,β-unsaturated/α-hetero) is 3. The monoisotopic (exact) mass is 582 g/mol. The van der Waals surface area contributed by atoms with Gasteiger partial charge in [-0.3, -0.25) is 14.4 Å². The van der Waals surface area contributed by atoms with Crippen LogP contribution in [0, 0.1) is 5.41 Å². The van der Waals surface area contributed by atoms with Crippen LogP contribution in [-0.4, -0.2) is 22.5 Å². The van der Waals surface area contributed by atoms with Crippen molar-refractivity contribution in [2.75, 3.05) is 0 Å². The summed E-state index contributed by atoms with van der Waals surface area (Å²) in [4.78, 5) is 40.6. The fourth-order valence-corrected chi connectivity index (χ4v) is 6.15. The molecule has 0 radical (unpaired) electrons. The molecule has 0 spiro atoms. The first-order chi connectivity index (χ1) is 18.1. The molecule has 38 heavy (non-hydrogen) atoms. The molecule has 4 rings (SSSR count). The standard InChI is InChI=1S/C32H39BrO5/c1-4-5-6-7-8-9-10-11-12-13-22-28(35)30(37)27-25(20-14-16-21(33)17-15-20)26-23(34)18-32(2,3)19-24(26)38-31(27)29(22)36/h14-17,25,35H,4-13,18-19H2,1-3H3. The molecule has 0 amide bonds. The maximum absolute atomic E-state index is 13.7. The number of rotatable bonds is 11. The molecule has 1 N–H and O–H groups in total. The smallest absolute Gasteiger partial charge is 0.228 e. The van der Waals surface area contributed by atoms with Gasteiger partial charge in [0.2, 0.25) is 11.6 Å². The van der Waals surface area contributed by atoms with Gasteiger partial charge < -0.3 is 9.84 Å². The Kier molecular flexibility index (Phi) is 9.12. The Bertz CT molecular complexity index is 1200. The number of carbonyl (C=O) groups is 3. The van der Waals surface area contributed by atoms with Gasteiger partial charge in [-0.05, 0) is 36.0 Å². The molecule has 0 fully saturated rings. The lowest BCUT2D eigenvalue weighted by atomic mass is 9.68. The van der Waals surface area contributed by atoms with E-state index in [0.29, 0.717) is 30.6 Å². The highest BCUT2D eigenvalue weighted by Crippen LogP contribution is 2.51. The highest BCUT2D eigenvalue weighted by atomic mass is 79.9. The summed E-state index contributed by atoms with van der Waals surface area (Å²) in [6, 6.07) is 7.39. The molecule has 1 atom stereocenters. The summed E-state index contributed by atoms with van der Waals surface area (Å²) in [6.45, 7) is 6.22. The molecule has 0 aromatic heterocycles. The molecule has 1 aromatic carbocycles. The summed E-state index contributed by atoms with van der Waals surface area (Å²) < 4.78 is 7.01. The first kappa shape index (κ1) is 28.5. The molecule has 5 nitrogen and oxygen atoms in total. The Balaban J connectivity index is 1.55. The quantitative estimate of drug-likeness (QED) is 0.209. The molecule has 1 aliphatic heterocycles. The highest BCUT2D eigenvalue weighted by molar-refractivity contribution is 9.10. The zero-order chi connectivity index (χ0) is 27.4. The van der Waals surface area contributed by atoms with E-state index in [2.05, 4.69) is 22.9 Å². The van der Waals surface area contributed by atoms with Crippen molar-refractivity contribution in [3.8, 4) is 0 Å². The molecular weight excluding hydrogens is 544 g/mol. The van der Waals surface area contributed by atoms with E-state index in [1.54, 1.807) is 0 Å². The van der Waals surface area contributed by atoms with Gasteiger partial charge in [0.25, 0.3) is 0 Å². The molecule has 1 heterocycles. The Morgan fingerprint density at radius 1 is 0.868 bits per heavy atom.